The van der Waals surface area contributed by atoms with Crippen LogP contribution < -0.4 is 10.1 Å². The smallest absolute Gasteiger partial charge is 0.227 e. The van der Waals surface area contributed by atoms with Crippen LogP contribution in [-0.2, 0) is 11.2 Å². The second-order valence-electron chi connectivity index (χ2n) is 5.12. The Hall–Kier alpha value is -1.07. The molecule has 1 amide bonds. The Balaban J connectivity index is 2.05. The molecule has 110 valence electrons. The maximum atomic E-state index is 12.4. The van der Waals surface area contributed by atoms with Gasteiger partial charge in [0.2, 0.25) is 5.91 Å². The third-order valence-corrected chi connectivity index (χ3v) is 4.33. The van der Waals surface area contributed by atoms with Crippen LogP contribution in [0.3, 0.4) is 0 Å². The van der Waals surface area contributed by atoms with Gasteiger partial charge >= 0.3 is 0 Å². The number of methoxy groups -OCH3 is 1. The number of hydrogen-bond acceptors (Lipinski definition) is 3. The third-order valence-electron chi connectivity index (χ3n) is 3.83. The zero-order valence-corrected chi connectivity index (χ0v) is 13.6. The molecule has 20 heavy (non-hydrogen) atoms. The Morgan fingerprint density at radius 3 is 2.80 bits per heavy atom. The molecule has 4 nitrogen and oxygen atoms in total. The van der Waals surface area contributed by atoms with Crippen molar-refractivity contribution < 1.29 is 9.53 Å². The van der Waals surface area contributed by atoms with E-state index < -0.39 is 0 Å². The Bertz CT molecular complexity index is 473. The molecule has 0 bridgehead atoms. The van der Waals surface area contributed by atoms with E-state index in [2.05, 4.69) is 21.2 Å². The first-order valence-corrected chi connectivity index (χ1v) is 7.70. The van der Waals surface area contributed by atoms with Gasteiger partial charge in [0.1, 0.15) is 5.75 Å². The van der Waals surface area contributed by atoms with Gasteiger partial charge in [-0.2, -0.15) is 0 Å². The lowest BCUT2D eigenvalue weighted by atomic mass is 10.0. The topological polar surface area (TPSA) is 41.6 Å². The number of amides is 1. The lowest BCUT2D eigenvalue weighted by Crippen LogP contribution is -2.44. The number of carbonyl (C=O) groups excluding carboxylic acids is 1. The molecule has 0 aromatic heterocycles. The Kier molecular flexibility index (Phi) is 5.43. The summed E-state index contributed by atoms with van der Waals surface area (Å²) in [5.41, 5.74) is 0.924. The summed E-state index contributed by atoms with van der Waals surface area (Å²) < 4.78 is 6.29. The van der Waals surface area contributed by atoms with Crippen molar-refractivity contribution in [3.05, 3.63) is 28.2 Å². The van der Waals surface area contributed by atoms with Crippen LogP contribution in [0.15, 0.2) is 22.7 Å². The Morgan fingerprint density at radius 2 is 2.15 bits per heavy atom. The molecule has 1 heterocycles. The van der Waals surface area contributed by atoms with Gasteiger partial charge in [0.05, 0.1) is 13.5 Å². The Morgan fingerprint density at radius 1 is 1.45 bits per heavy atom. The number of halogens is 1. The van der Waals surface area contributed by atoms with Gasteiger partial charge in [0, 0.05) is 23.1 Å². The van der Waals surface area contributed by atoms with Crippen molar-refractivity contribution in [1.29, 1.82) is 0 Å². The van der Waals surface area contributed by atoms with Crippen LogP contribution in [0, 0.1) is 0 Å². The average Bonchev–Trinajstić information content (AvgIpc) is 2.47. The maximum absolute atomic E-state index is 12.4. The summed E-state index contributed by atoms with van der Waals surface area (Å²) in [6.45, 7) is 1.98. The van der Waals surface area contributed by atoms with E-state index in [4.69, 9.17) is 4.74 Å². The summed E-state index contributed by atoms with van der Waals surface area (Å²) in [6, 6.07) is 6.11. The maximum Gasteiger partial charge on any atom is 0.227 e. The highest BCUT2D eigenvalue weighted by Gasteiger charge is 2.22. The number of hydrogen-bond donors (Lipinski definition) is 1. The quantitative estimate of drug-likeness (QED) is 0.913. The van der Waals surface area contributed by atoms with Crippen LogP contribution in [-0.4, -0.2) is 44.1 Å². The van der Waals surface area contributed by atoms with Gasteiger partial charge in [-0.3, -0.25) is 4.79 Å². The molecule has 1 N–H and O–H groups in total. The molecule has 1 aromatic rings. The molecular weight excluding hydrogens is 320 g/mol. The molecule has 5 heteroatoms. The van der Waals surface area contributed by atoms with E-state index in [9.17, 15) is 4.79 Å². The molecule has 1 fully saturated rings. The van der Waals surface area contributed by atoms with Gasteiger partial charge in [0.15, 0.2) is 0 Å². The van der Waals surface area contributed by atoms with Crippen molar-refractivity contribution in [2.45, 2.75) is 25.3 Å². The van der Waals surface area contributed by atoms with Crippen molar-refractivity contribution in [2.75, 3.05) is 27.2 Å². The van der Waals surface area contributed by atoms with E-state index in [1.165, 1.54) is 0 Å². The van der Waals surface area contributed by atoms with E-state index in [1.54, 1.807) is 7.11 Å². The number of nitrogens with zero attached hydrogens (tertiary/aromatic N) is 1. The van der Waals surface area contributed by atoms with Crippen molar-refractivity contribution in [1.82, 2.24) is 10.2 Å². The first kappa shape index (κ1) is 15.3. The zero-order valence-electron chi connectivity index (χ0n) is 12.0. The van der Waals surface area contributed by atoms with Gasteiger partial charge in [-0.25, -0.2) is 0 Å². The fourth-order valence-electron chi connectivity index (χ4n) is 2.57. The highest BCUT2D eigenvalue weighted by Crippen LogP contribution is 2.24. The minimum atomic E-state index is 0.147. The summed E-state index contributed by atoms with van der Waals surface area (Å²) in [6.07, 6.45) is 2.43. The van der Waals surface area contributed by atoms with Crippen LogP contribution in [0.4, 0.5) is 0 Å². The number of piperidine rings is 1. The molecular formula is C15H21BrN2O2. The van der Waals surface area contributed by atoms with Gasteiger partial charge in [-0.15, -0.1) is 0 Å². The summed E-state index contributed by atoms with van der Waals surface area (Å²) in [4.78, 5) is 14.3. The molecule has 0 radical (unpaired) electrons. The second kappa shape index (κ2) is 7.09. The standard InChI is InChI=1S/C15H21BrN2O2/c1-18(13-5-7-17-8-6-13)15(19)10-11-9-12(16)3-4-14(11)20-2/h3-4,9,13,17H,5-8,10H2,1-2H3. The molecule has 1 aromatic carbocycles. The van der Waals surface area contributed by atoms with Crippen LogP contribution in [0.2, 0.25) is 0 Å². The lowest BCUT2D eigenvalue weighted by Gasteiger charge is -2.31. The van der Waals surface area contributed by atoms with Gasteiger partial charge in [0.25, 0.3) is 0 Å². The molecule has 0 aliphatic carbocycles. The highest BCUT2D eigenvalue weighted by atomic mass is 79.9. The fraction of sp³-hybridized carbons (Fsp3) is 0.533. The Labute approximate surface area is 128 Å². The number of rotatable bonds is 4. The first-order valence-electron chi connectivity index (χ1n) is 6.90. The molecule has 1 aliphatic rings. The molecule has 0 unspecified atom stereocenters. The number of carbonyl (C=O) groups is 1. The van der Waals surface area contributed by atoms with E-state index in [-0.39, 0.29) is 5.91 Å². The molecule has 1 saturated heterocycles. The second-order valence-corrected chi connectivity index (χ2v) is 6.03. The molecule has 2 rings (SSSR count). The fourth-order valence-corrected chi connectivity index (χ4v) is 2.98. The van der Waals surface area contributed by atoms with E-state index in [0.29, 0.717) is 12.5 Å². The van der Waals surface area contributed by atoms with Gasteiger partial charge in [-0.1, -0.05) is 15.9 Å². The largest absolute Gasteiger partial charge is 0.496 e. The number of benzene rings is 1. The lowest BCUT2D eigenvalue weighted by molar-refractivity contribution is -0.131. The monoisotopic (exact) mass is 340 g/mol. The SMILES string of the molecule is COc1ccc(Br)cc1CC(=O)N(C)C1CCNCC1. The van der Waals surface area contributed by atoms with Crippen molar-refractivity contribution in [2.24, 2.45) is 0 Å². The number of nitrogens with one attached hydrogen (secondary N) is 1. The van der Waals surface area contributed by atoms with Crippen LogP contribution in [0.1, 0.15) is 18.4 Å². The van der Waals surface area contributed by atoms with Crippen molar-refractivity contribution >= 4 is 21.8 Å². The van der Waals surface area contributed by atoms with E-state index >= 15 is 0 Å². The average molecular weight is 341 g/mol. The normalized spacial score (nSPS) is 15.9. The van der Waals surface area contributed by atoms with Crippen LogP contribution in [0.25, 0.3) is 0 Å². The minimum absolute atomic E-state index is 0.147. The number of likely N-dealkylation sites (N-methyl/N-ethyl adjacent to an activating group) is 1. The van der Waals surface area contributed by atoms with Crippen LogP contribution >= 0.6 is 15.9 Å². The van der Waals surface area contributed by atoms with Crippen molar-refractivity contribution in [3.63, 3.8) is 0 Å². The summed E-state index contributed by atoms with van der Waals surface area (Å²) in [5, 5.41) is 3.32. The van der Waals surface area contributed by atoms with E-state index in [1.807, 2.05) is 30.1 Å². The molecule has 0 atom stereocenters. The van der Waals surface area contributed by atoms with Gasteiger partial charge < -0.3 is 15.0 Å². The molecule has 1 aliphatic heterocycles. The minimum Gasteiger partial charge on any atom is -0.496 e. The van der Waals surface area contributed by atoms with E-state index in [0.717, 1.165) is 41.7 Å². The summed E-state index contributed by atoms with van der Waals surface area (Å²) in [7, 11) is 3.54. The van der Waals surface area contributed by atoms with Crippen LogP contribution in [0.5, 0.6) is 5.75 Å². The summed E-state index contributed by atoms with van der Waals surface area (Å²) >= 11 is 3.44. The predicted octanol–water partition coefficient (Wildman–Crippen LogP) is 2.21. The van der Waals surface area contributed by atoms with Crippen molar-refractivity contribution in [3.8, 4) is 5.75 Å². The zero-order chi connectivity index (χ0) is 14.5. The number of ether oxygens (including phenoxy) is 1. The van der Waals surface area contributed by atoms with Gasteiger partial charge in [-0.05, 0) is 44.1 Å². The highest BCUT2D eigenvalue weighted by molar-refractivity contribution is 9.10. The molecule has 0 spiro atoms. The third kappa shape index (κ3) is 3.73. The first-order chi connectivity index (χ1) is 9.61. The molecule has 0 saturated carbocycles. The summed E-state index contributed by atoms with van der Waals surface area (Å²) in [5.74, 6) is 0.911. The predicted molar refractivity (Wildman–Crippen MR) is 83.1 cm³/mol.